The van der Waals surface area contributed by atoms with Crippen LogP contribution in [0, 0.1) is 11.3 Å². The molecule has 2 unspecified atom stereocenters. The molecular formula is C22H37IN4O2. The number of nitrogens with zero attached hydrogens (tertiary/aromatic N) is 1. The lowest BCUT2D eigenvalue weighted by Crippen LogP contribution is -2.47. The number of nitrogens with one attached hydrogen (secondary N) is 3. The lowest BCUT2D eigenvalue weighted by atomic mass is 9.78. The Morgan fingerprint density at radius 2 is 2.00 bits per heavy atom. The third kappa shape index (κ3) is 8.12. The molecule has 2 atom stereocenters. The number of carbonyl (C=O) groups is 1. The van der Waals surface area contributed by atoms with E-state index in [0.29, 0.717) is 24.6 Å². The number of hydrogen-bond acceptors (Lipinski definition) is 3. The summed E-state index contributed by atoms with van der Waals surface area (Å²) in [5.74, 6) is 1.19. The van der Waals surface area contributed by atoms with Gasteiger partial charge in [0.1, 0.15) is 0 Å². The molecule has 1 aliphatic rings. The second-order valence-corrected chi connectivity index (χ2v) is 8.43. The minimum atomic E-state index is -0.0441. The maximum Gasteiger partial charge on any atom is 0.251 e. The van der Waals surface area contributed by atoms with Crippen LogP contribution in [-0.4, -0.2) is 44.7 Å². The Labute approximate surface area is 192 Å². The predicted octanol–water partition coefficient (Wildman–Crippen LogP) is 3.56. The van der Waals surface area contributed by atoms with Gasteiger partial charge in [-0.2, -0.15) is 0 Å². The zero-order valence-electron chi connectivity index (χ0n) is 18.4. The molecule has 0 aromatic heterocycles. The minimum Gasteiger partial charge on any atom is -0.377 e. The molecule has 0 spiro atoms. The van der Waals surface area contributed by atoms with E-state index in [1.807, 2.05) is 31.2 Å². The maximum atomic E-state index is 12.0. The molecular weight excluding hydrogens is 479 g/mol. The van der Waals surface area contributed by atoms with Crippen molar-refractivity contribution in [3.8, 4) is 0 Å². The number of rotatable bonds is 6. The molecule has 1 saturated heterocycles. The van der Waals surface area contributed by atoms with E-state index in [1.54, 1.807) is 7.05 Å². The van der Waals surface area contributed by atoms with Crippen molar-refractivity contribution in [3.05, 3.63) is 35.4 Å². The normalized spacial score (nSPS) is 19.8. The molecule has 1 aromatic carbocycles. The van der Waals surface area contributed by atoms with Gasteiger partial charge >= 0.3 is 0 Å². The number of aliphatic imine (C=N–C) groups is 1. The molecule has 164 valence electrons. The van der Waals surface area contributed by atoms with Gasteiger partial charge in [0.15, 0.2) is 5.96 Å². The monoisotopic (exact) mass is 516 g/mol. The van der Waals surface area contributed by atoms with Crippen LogP contribution in [0.5, 0.6) is 0 Å². The van der Waals surface area contributed by atoms with E-state index in [1.165, 1.54) is 6.42 Å². The quantitative estimate of drug-likeness (QED) is 0.307. The highest BCUT2D eigenvalue weighted by atomic mass is 127. The van der Waals surface area contributed by atoms with E-state index < -0.39 is 0 Å². The standard InChI is InChI=1S/C22H36N4O2.HI/c1-6-24-20(27)17-10-7-9-16(13-17)14-25-21(23-5)26-15-18-11-8-12-28-19(18)22(2,3)4;/h7,9-10,13,18-19H,6,8,11-12,14-15H2,1-5H3,(H,24,27)(H2,23,25,26);1H. The van der Waals surface area contributed by atoms with Crippen LogP contribution in [0.25, 0.3) is 0 Å². The summed E-state index contributed by atoms with van der Waals surface area (Å²) >= 11 is 0. The largest absolute Gasteiger partial charge is 0.377 e. The topological polar surface area (TPSA) is 74.8 Å². The first kappa shape index (κ1) is 25.7. The minimum absolute atomic E-state index is 0. The first-order valence-electron chi connectivity index (χ1n) is 10.3. The fraction of sp³-hybridized carbons (Fsp3) is 0.636. The summed E-state index contributed by atoms with van der Waals surface area (Å²) in [5, 5.41) is 9.62. The van der Waals surface area contributed by atoms with Gasteiger partial charge in [-0.05, 0) is 42.9 Å². The predicted molar refractivity (Wildman–Crippen MR) is 130 cm³/mol. The molecule has 1 aromatic rings. The van der Waals surface area contributed by atoms with Crippen molar-refractivity contribution in [1.82, 2.24) is 16.0 Å². The number of hydrogen-bond donors (Lipinski definition) is 3. The van der Waals surface area contributed by atoms with Crippen LogP contribution < -0.4 is 16.0 Å². The van der Waals surface area contributed by atoms with E-state index in [0.717, 1.165) is 31.1 Å². The van der Waals surface area contributed by atoms with E-state index in [-0.39, 0.29) is 41.4 Å². The van der Waals surface area contributed by atoms with Crippen molar-refractivity contribution in [2.45, 2.75) is 53.2 Å². The summed E-state index contributed by atoms with van der Waals surface area (Å²) in [6.45, 7) is 11.6. The van der Waals surface area contributed by atoms with Gasteiger partial charge in [-0.3, -0.25) is 9.79 Å². The fourth-order valence-corrected chi connectivity index (χ4v) is 3.73. The Balaban J connectivity index is 0.00000420. The summed E-state index contributed by atoms with van der Waals surface area (Å²) in [5.41, 5.74) is 1.85. The highest BCUT2D eigenvalue weighted by Gasteiger charge is 2.35. The Kier molecular flexibility index (Phi) is 11.0. The Morgan fingerprint density at radius 3 is 2.66 bits per heavy atom. The first-order chi connectivity index (χ1) is 13.3. The summed E-state index contributed by atoms with van der Waals surface area (Å²) in [6, 6.07) is 7.66. The van der Waals surface area contributed by atoms with Gasteiger partial charge in [-0.25, -0.2) is 0 Å². The average molecular weight is 516 g/mol. The molecule has 1 heterocycles. The second kappa shape index (κ2) is 12.4. The fourth-order valence-electron chi connectivity index (χ4n) is 3.73. The summed E-state index contributed by atoms with van der Waals surface area (Å²) in [6.07, 6.45) is 2.53. The summed E-state index contributed by atoms with van der Waals surface area (Å²) < 4.78 is 6.07. The van der Waals surface area contributed by atoms with Crippen LogP contribution in [0.1, 0.15) is 56.5 Å². The Hall–Kier alpha value is -1.35. The molecule has 0 aliphatic carbocycles. The molecule has 1 fully saturated rings. The van der Waals surface area contributed by atoms with E-state index >= 15 is 0 Å². The van der Waals surface area contributed by atoms with Crippen molar-refractivity contribution < 1.29 is 9.53 Å². The number of halogens is 1. The Morgan fingerprint density at radius 1 is 1.24 bits per heavy atom. The van der Waals surface area contributed by atoms with Crippen molar-refractivity contribution in [3.63, 3.8) is 0 Å². The lowest BCUT2D eigenvalue weighted by molar-refractivity contribution is -0.0835. The van der Waals surface area contributed by atoms with Gasteiger partial charge in [0, 0.05) is 44.8 Å². The average Bonchev–Trinajstić information content (AvgIpc) is 2.68. The highest BCUT2D eigenvalue weighted by Crippen LogP contribution is 2.33. The third-order valence-electron chi connectivity index (χ3n) is 5.04. The SMILES string of the molecule is CCNC(=O)c1cccc(CNC(=NC)NCC2CCCOC2C(C)(C)C)c1.I. The van der Waals surface area contributed by atoms with Crippen LogP contribution in [0.2, 0.25) is 0 Å². The number of guanidine groups is 1. The van der Waals surface area contributed by atoms with E-state index in [2.05, 4.69) is 41.7 Å². The van der Waals surface area contributed by atoms with Crippen LogP contribution in [0.3, 0.4) is 0 Å². The summed E-state index contributed by atoms with van der Waals surface area (Å²) in [4.78, 5) is 16.3. The molecule has 7 heteroatoms. The zero-order chi connectivity index (χ0) is 20.6. The van der Waals surface area contributed by atoms with Crippen molar-refractivity contribution in [1.29, 1.82) is 0 Å². The molecule has 29 heavy (non-hydrogen) atoms. The Bertz CT molecular complexity index is 673. The van der Waals surface area contributed by atoms with Gasteiger partial charge in [0.2, 0.25) is 0 Å². The van der Waals surface area contributed by atoms with Crippen LogP contribution in [0.4, 0.5) is 0 Å². The van der Waals surface area contributed by atoms with E-state index in [4.69, 9.17) is 4.74 Å². The van der Waals surface area contributed by atoms with Crippen LogP contribution >= 0.6 is 24.0 Å². The smallest absolute Gasteiger partial charge is 0.251 e. The van der Waals surface area contributed by atoms with Crippen molar-refractivity contribution >= 4 is 35.8 Å². The van der Waals surface area contributed by atoms with Gasteiger partial charge in [0.05, 0.1) is 6.10 Å². The number of amides is 1. The molecule has 0 saturated carbocycles. The number of benzene rings is 1. The van der Waals surface area contributed by atoms with Gasteiger partial charge in [-0.1, -0.05) is 32.9 Å². The lowest BCUT2D eigenvalue weighted by Gasteiger charge is -2.40. The molecule has 6 nitrogen and oxygen atoms in total. The second-order valence-electron chi connectivity index (χ2n) is 8.43. The maximum absolute atomic E-state index is 12.0. The molecule has 1 aliphatic heterocycles. The number of carbonyl (C=O) groups excluding carboxylic acids is 1. The third-order valence-corrected chi connectivity index (χ3v) is 5.04. The number of ether oxygens (including phenoxy) is 1. The molecule has 0 bridgehead atoms. The van der Waals surface area contributed by atoms with Crippen LogP contribution in [0.15, 0.2) is 29.3 Å². The van der Waals surface area contributed by atoms with Gasteiger partial charge in [-0.15, -0.1) is 24.0 Å². The van der Waals surface area contributed by atoms with E-state index in [9.17, 15) is 4.79 Å². The molecule has 3 N–H and O–H groups in total. The van der Waals surface area contributed by atoms with Crippen LogP contribution in [-0.2, 0) is 11.3 Å². The molecule has 0 radical (unpaired) electrons. The zero-order valence-corrected chi connectivity index (χ0v) is 20.7. The summed E-state index contributed by atoms with van der Waals surface area (Å²) in [7, 11) is 1.78. The van der Waals surface area contributed by atoms with Gasteiger partial charge in [0.25, 0.3) is 5.91 Å². The molecule has 1 amide bonds. The highest BCUT2D eigenvalue weighted by molar-refractivity contribution is 14.0. The first-order valence-corrected chi connectivity index (χ1v) is 10.3. The van der Waals surface area contributed by atoms with Crippen molar-refractivity contribution in [2.75, 3.05) is 26.7 Å². The van der Waals surface area contributed by atoms with Crippen molar-refractivity contribution in [2.24, 2.45) is 16.3 Å². The molecule has 2 rings (SSSR count). The van der Waals surface area contributed by atoms with Gasteiger partial charge < -0.3 is 20.7 Å².